The zero-order valence-electron chi connectivity index (χ0n) is 16.0. The molecule has 0 saturated heterocycles. The van der Waals surface area contributed by atoms with Crippen LogP contribution in [-0.4, -0.2) is 15.9 Å². The van der Waals surface area contributed by atoms with E-state index in [0.717, 1.165) is 11.3 Å². The van der Waals surface area contributed by atoms with Gasteiger partial charge in [-0.15, -0.1) is 11.3 Å². The summed E-state index contributed by atoms with van der Waals surface area (Å²) in [5.74, 6) is -0.462. The summed E-state index contributed by atoms with van der Waals surface area (Å²) >= 11 is 1.39. The molecule has 148 valence electrons. The highest BCUT2D eigenvalue weighted by atomic mass is 32.1. The fourth-order valence-corrected chi connectivity index (χ4v) is 3.70. The van der Waals surface area contributed by atoms with Crippen LogP contribution in [0.15, 0.2) is 78.3 Å². The van der Waals surface area contributed by atoms with Gasteiger partial charge in [0.1, 0.15) is 10.8 Å². The fraction of sp³-hybridized carbons (Fsp3) is 0.0417. The zero-order chi connectivity index (χ0) is 20.8. The van der Waals surface area contributed by atoms with Gasteiger partial charge in [0.2, 0.25) is 5.91 Å². The molecule has 2 aromatic carbocycles. The summed E-state index contributed by atoms with van der Waals surface area (Å²) in [7, 11) is 0. The van der Waals surface area contributed by atoms with Gasteiger partial charge < -0.3 is 5.32 Å². The van der Waals surface area contributed by atoms with E-state index in [4.69, 9.17) is 0 Å². The number of anilines is 1. The summed E-state index contributed by atoms with van der Waals surface area (Å²) in [5.41, 5.74) is 3.90. The number of amides is 1. The number of thiazole rings is 1. The maximum atomic E-state index is 13.4. The van der Waals surface area contributed by atoms with Crippen molar-refractivity contribution in [2.24, 2.45) is 0 Å². The Morgan fingerprint density at radius 1 is 1.03 bits per heavy atom. The molecule has 0 atom stereocenters. The fourth-order valence-electron chi connectivity index (χ4n) is 2.89. The van der Waals surface area contributed by atoms with E-state index in [1.807, 2.05) is 60.0 Å². The maximum absolute atomic E-state index is 13.4. The topological polar surface area (TPSA) is 54.9 Å². The van der Waals surface area contributed by atoms with Crippen LogP contribution in [0.1, 0.15) is 17.0 Å². The summed E-state index contributed by atoms with van der Waals surface area (Å²) in [6.07, 6.45) is 5.77. The monoisotopic (exact) mass is 415 g/mol. The molecular weight excluding hydrogens is 397 g/mol. The molecule has 0 aliphatic rings. The van der Waals surface area contributed by atoms with Crippen LogP contribution in [0.3, 0.4) is 0 Å². The van der Waals surface area contributed by atoms with E-state index in [-0.39, 0.29) is 18.1 Å². The lowest BCUT2D eigenvalue weighted by Crippen LogP contribution is -2.14. The highest BCUT2D eigenvalue weighted by molar-refractivity contribution is 7.13. The van der Waals surface area contributed by atoms with E-state index in [1.165, 1.54) is 23.5 Å². The van der Waals surface area contributed by atoms with Gasteiger partial charge in [-0.05, 0) is 48.0 Å². The Balaban J connectivity index is 1.39. The molecule has 30 heavy (non-hydrogen) atoms. The lowest BCUT2D eigenvalue weighted by Gasteiger charge is -2.05. The van der Waals surface area contributed by atoms with Gasteiger partial charge >= 0.3 is 0 Å². The molecule has 0 fully saturated rings. The molecular formula is C24H18FN3OS. The van der Waals surface area contributed by atoms with Crippen molar-refractivity contribution in [2.45, 2.75) is 6.42 Å². The molecule has 4 nitrogen and oxygen atoms in total. The van der Waals surface area contributed by atoms with Crippen molar-refractivity contribution in [1.29, 1.82) is 0 Å². The molecule has 1 N–H and O–H groups in total. The Bertz CT molecular complexity index is 1190. The highest BCUT2D eigenvalue weighted by Gasteiger charge is 2.10. The molecule has 4 aromatic rings. The van der Waals surface area contributed by atoms with Crippen molar-refractivity contribution in [1.82, 2.24) is 9.97 Å². The summed E-state index contributed by atoms with van der Waals surface area (Å²) in [4.78, 5) is 21.2. The third-order valence-corrected chi connectivity index (χ3v) is 5.21. The first kappa shape index (κ1) is 19.7. The number of carbonyl (C=O) groups excluding carboxylic acids is 1. The molecule has 0 saturated carbocycles. The second-order valence-corrected chi connectivity index (χ2v) is 7.45. The van der Waals surface area contributed by atoms with E-state index in [2.05, 4.69) is 15.3 Å². The van der Waals surface area contributed by atoms with Crippen molar-refractivity contribution < 1.29 is 9.18 Å². The first-order valence-corrected chi connectivity index (χ1v) is 10.2. The minimum atomic E-state index is -0.307. The van der Waals surface area contributed by atoms with Crippen LogP contribution < -0.4 is 5.32 Å². The SMILES string of the molecule is O=C(Cc1csc(-c2cccc(F)c2)n1)Nc1cccc(/C=C/c2ccccn2)c1. The molecule has 0 spiro atoms. The van der Waals surface area contributed by atoms with E-state index < -0.39 is 0 Å². The van der Waals surface area contributed by atoms with Gasteiger partial charge in [0.25, 0.3) is 0 Å². The first-order valence-electron chi connectivity index (χ1n) is 9.35. The Morgan fingerprint density at radius 3 is 2.77 bits per heavy atom. The van der Waals surface area contributed by atoms with Gasteiger partial charge in [-0.2, -0.15) is 0 Å². The Morgan fingerprint density at radius 2 is 1.93 bits per heavy atom. The molecule has 0 radical (unpaired) electrons. The number of carbonyl (C=O) groups is 1. The van der Waals surface area contributed by atoms with E-state index >= 15 is 0 Å². The largest absolute Gasteiger partial charge is 0.326 e. The van der Waals surface area contributed by atoms with Crippen LogP contribution in [0.25, 0.3) is 22.7 Å². The molecule has 0 bridgehead atoms. The van der Waals surface area contributed by atoms with Crippen molar-refractivity contribution in [3.8, 4) is 10.6 Å². The molecule has 0 aliphatic carbocycles. The number of halogens is 1. The quantitative estimate of drug-likeness (QED) is 0.440. The second-order valence-electron chi connectivity index (χ2n) is 6.59. The lowest BCUT2D eigenvalue weighted by atomic mass is 10.1. The minimum Gasteiger partial charge on any atom is -0.326 e. The number of hydrogen-bond acceptors (Lipinski definition) is 4. The van der Waals surface area contributed by atoms with Crippen LogP contribution in [0.5, 0.6) is 0 Å². The Hall–Kier alpha value is -3.64. The molecule has 2 aromatic heterocycles. The molecule has 0 unspecified atom stereocenters. The zero-order valence-corrected chi connectivity index (χ0v) is 16.8. The average molecular weight is 415 g/mol. The number of nitrogens with one attached hydrogen (secondary N) is 1. The minimum absolute atomic E-state index is 0.153. The van der Waals surface area contributed by atoms with Crippen molar-refractivity contribution >= 4 is 35.1 Å². The van der Waals surface area contributed by atoms with Crippen LogP contribution in [-0.2, 0) is 11.2 Å². The standard InChI is InChI=1S/C24H18FN3OS/c25-19-7-4-6-18(14-19)24-28-22(16-30-24)15-23(29)27-21-9-3-5-17(13-21)10-11-20-8-1-2-12-26-20/h1-14,16H,15H2,(H,27,29)/b11-10+. The number of aromatic nitrogens is 2. The average Bonchev–Trinajstić information content (AvgIpc) is 3.22. The Kier molecular flexibility index (Phi) is 6.06. The van der Waals surface area contributed by atoms with E-state index in [9.17, 15) is 9.18 Å². The number of rotatable bonds is 6. The summed E-state index contributed by atoms with van der Waals surface area (Å²) in [6.45, 7) is 0. The number of hydrogen-bond donors (Lipinski definition) is 1. The van der Waals surface area contributed by atoms with Gasteiger partial charge in [0.05, 0.1) is 17.8 Å². The number of nitrogens with zero attached hydrogens (tertiary/aromatic N) is 2. The molecule has 6 heteroatoms. The van der Waals surface area contributed by atoms with Crippen molar-refractivity contribution in [3.63, 3.8) is 0 Å². The number of pyridine rings is 1. The van der Waals surface area contributed by atoms with Crippen LogP contribution >= 0.6 is 11.3 Å². The van der Waals surface area contributed by atoms with Gasteiger partial charge in [-0.3, -0.25) is 9.78 Å². The van der Waals surface area contributed by atoms with Crippen LogP contribution in [0.2, 0.25) is 0 Å². The third kappa shape index (κ3) is 5.24. The first-order chi connectivity index (χ1) is 14.7. The summed E-state index contributed by atoms with van der Waals surface area (Å²) in [5, 5.41) is 5.42. The van der Waals surface area contributed by atoms with Crippen molar-refractivity contribution in [2.75, 3.05) is 5.32 Å². The molecule has 2 heterocycles. The summed E-state index contributed by atoms with van der Waals surface area (Å²) in [6, 6.07) is 19.6. The molecule has 1 amide bonds. The predicted molar refractivity (Wildman–Crippen MR) is 119 cm³/mol. The summed E-state index contributed by atoms with van der Waals surface area (Å²) < 4.78 is 13.4. The van der Waals surface area contributed by atoms with E-state index in [1.54, 1.807) is 18.3 Å². The van der Waals surface area contributed by atoms with Crippen LogP contribution in [0.4, 0.5) is 10.1 Å². The van der Waals surface area contributed by atoms with Gasteiger partial charge in [-0.25, -0.2) is 9.37 Å². The van der Waals surface area contributed by atoms with Crippen molar-refractivity contribution in [3.05, 3.63) is 101 Å². The Labute approximate surface area is 177 Å². The van der Waals surface area contributed by atoms with Gasteiger partial charge in [0, 0.05) is 22.8 Å². The second kappa shape index (κ2) is 9.24. The third-order valence-electron chi connectivity index (χ3n) is 4.27. The number of benzene rings is 2. The van der Waals surface area contributed by atoms with E-state index in [0.29, 0.717) is 22.0 Å². The van der Waals surface area contributed by atoms with Gasteiger partial charge in [-0.1, -0.05) is 36.4 Å². The molecule has 0 aliphatic heterocycles. The normalized spacial score (nSPS) is 11.0. The maximum Gasteiger partial charge on any atom is 0.230 e. The molecule has 4 rings (SSSR count). The smallest absolute Gasteiger partial charge is 0.230 e. The predicted octanol–water partition coefficient (Wildman–Crippen LogP) is 5.70. The highest BCUT2D eigenvalue weighted by Crippen LogP contribution is 2.24. The lowest BCUT2D eigenvalue weighted by molar-refractivity contribution is -0.115. The van der Waals surface area contributed by atoms with Gasteiger partial charge in [0.15, 0.2) is 0 Å². The van der Waals surface area contributed by atoms with Crippen LogP contribution in [0, 0.1) is 5.82 Å².